The molecule has 1 saturated heterocycles. The van der Waals surface area contributed by atoms with Crippen molar-refractivity contribution < 1.29 is 22.7 Å². The van der Waals surface area contributed by atoms with Crippen LogP contribution in [-0.4, -0.2) is 61.7 Å². The molecule has 3 heterocycles. The number of aryl methyl sites for hydroxylation is 1. The maximum Gasteiger partial charge on any atom is 0.285 e. The lowest BCUT2D eigenvalue weighted by molar-refractivity contribution is 0.0948. The molecule has 10 nitrogen and oxygen atoms in total. The predicted molar refractivity (Wildman–Crippen MR) is 117 cm³/mol. The van der Waals surface area contributed by atoms with Gasteiger partial charge in [0, 0.05) is 43.4 Å². The van der Waals surface area contributed by atoms with Crippen molar-refractivity contribution >= 4 is 15.9 Å². The number of methoxy groups -OCH3 is 2. The van der Waals surface area contributed by atoms with Crippen molar-refractivity contribution in [3.8, 4) is 11.5 Å². The fourth-order valence-electron chi connectivity index (χ4n) is 4.48. The number of benzene rings is 1. The van der Waals surface area contributed by atoms with E-state index in [4.69, 9.17) is 9.47 Å². The fraction of sp³-hybridized carbons (Fsp3) is 0.476. The van der Waals surface area contributed by atoms with Gasteiger partial charge in [-0.05, 0) is 31.0 Å². The summed E-state index contributed by atoms with van der Waals surface area (Å²) in [7, 11) is -0.225. The average Bonchev–Trinajstić information content (AvgIpc) is 3.36. The monoisotopic (exact) mass is 462 g/mol. The predicted octanol–water partition coefficient (Wildman–Crippen LogP) is 0.497. The molecule has 1 aromatic heterocycles. The Morgan fingerprint density at radius 3 is 2.62 bits per heavy atom. The molecule has 2 aliphatic heterocycles. The highest BCUT2D eigenvalue weighted by Gasteiger charge is 2.48. The number of rotatable bonds is 6. The zero-order valence-corrected chi connectivity index (χ0v) is 19.1. The van der Waals surface area contributed by atoms with E-state index in [-0.39, 0.29) is 12.1 Å². The SMILES string of the molecule is COc1ccc(OC)c(CNC(=O)c2cn3c(nc2=O)C2(CCN(S(C)(=O)=O)C2)CC3)c1. The summed E-state index contributed by atoms with van der Waals surface area (Å²) < 4.78 is 37.6. The number of ether oxygens (including phenoxy) is 2. The third-order valence-electron chi connectivity index (χ3n) is 6.26. The maximum atomic E-state index is 12.8. The maximum absolute atomic E-state index is 12.8. The molecule has 1 aromatic carbocycles. The molecule has 4 rings (SSSR count). The highest BCUT2D eigenvalue weighted by atomic mass is 32.2. The minimum Gasteiger partial charge on any atom is -0.497 e. The van der Waals surface area contributed by atoms with Crippen molar-refractivity contribution in [3.05, 3.63) is 51.7 Å². The van der Waals surface area contributed by atoms with Crippen LogP contribution in [0, 0.1) is 0 Å². The van der Waals surface area contributed by atoms with Gasteiger partial charge in [0.05, 0.1) is 20.5 Å². The van der Waals surface area contributed by atoms with Crippen LogP contribution in [0.5, 0.6) is 11.5 Å². The van der Waals surface area contributed by atoms with Crippen LogP contribution in [0.3, 0.4) is 0 Å². The minimum absolute atomic E-state index is 0.0503. The number of hydrogen-bond acceptors (Lipinski definition) is 7. The first-order valence-corrected chi connectivity index (χ1v) is 12.1. The summed E-state index contributed by atoms with van der Waals surface area (Å²) in [5, 5.41) is 2.75. The third-order valence-corrected chi connectivity index (χ3v) is 7.51. The van der Waals surface area contributed by atoms with Crippen LogP contribution in [0.1, 0.15) is 34.6 Å². The molecule has 0 radical (unpaired) electrons. The molecule has 32 heavy (non-hydrogen) atoms. The Balaban J connectivity index is 1.55. The molecular weight excluding hydrogens is 436 g/mol. The number of fused-ring (bicyclic) bond motifs is 2. The van der Waals surface area contributed by atoms with Crippen LogP contribution in [-0.2, 0) is 28.5 Å². The largest absolute Gasteiger partial charge is 0.497 e. The van der Waals surface area contributed by atoms with E-state index in [9.17, 15) is 18.0 Å². The van der Waals surface area contributed by atoms with Crippen LogP contribution in [0.2, 0.25) is 0 Å². The summed E-state index contributed by atoms with van der Waals surface area (Å²) in [6.45, 7) is 1.43. The number of sulfonamides is 1. The lowest BCUT2D eigenvalue weighted by atomic mass is 9.85. The molecule has 1 atom stereocenters. The molecule has 1 amide bonds. The molecule has 0 bridgehead atoms. The second-order valence-corrected chi connectivity index (χ2v) is 10.2. The summed E-state index contributed by atoms with van der Waals surface area (Å²) >= 11 is 0. The summed E-state index contributed by atoms with van der Waals surface area (Å²) in [6.07, 6.45) is 4.00. The Morgan fingerprint density at radius 1 is 1.22 bits per heavy atom. The van der Waals surface area contributed by atoms with E-state index in [0.717, 1.165) is 0 Å². The van der Waals surface area contributed by atoms with Gasteiger partial charge >= 0.3 is 0 Å². The summed E-state index contributed by atoms with van der Waals surface area (Å²) in [6, 6.07) is 5.25. The Labute approximate surface area is 186 Å². The van der Waals surface area contributed by atoms with Crippen molar-refractivity contribution in [1.29, 1.82) is 0 Å². The van der Waals surface area contributed by atoms with E-state index in [0.29, 0.717) is 55.4 Å². The Morgan fingerprint density at radius 2 is 1.97 bits per heavy atom. The van der Waals surface area contributed by atoms with Crippen LogP contribution in [0.4, 0.5) is 0 Å². The van der Waals surface area contributed by atoms with Crippen LogP contribution >= 0.6 is 0 Å². The van der Waals surface area contributed by atoms with Crippen LogP contribution < -0.4 is 20.3 Å². The van der Waals surface area contributed by atoms with E-state index in [1.807, 2.05) is 0 Å². The number of nitrogens with zero attached hydrogens (tertiary/aromatic N) is 3. The summed E-state index contributed by atoms with van der Waals surface area (Å²) in [5.41, 5.74) is -0.443. The molecule has 2 aliphatic rings. The third kappa shape index (κ3) is 3.97. The van der Waals surface area contributed by atoms with Crippen LogP contribution in [0.15, 0.2) is 29.2 Å². The van der Waals surface area contributed by atoms with Gasteiger partial charge in [-0.3, -0.25) is 9.59 Å². The smallest absolute Gasteiger partial charge is 0.285 e. The van der Waals surface area contributed by atoms with Crippen LogP contribution in [0.25, 0.3) is 0 Å². The molecular formula is C21H26N4O6S. The van der Waals surface area contributed by atoms with Crippen molar-refractivity contribution in [2.45, 2.75) is 31.3 Å². The minimum atomic E-state index is -3.31. The van der Waals surface area contributed by atoms with E-state index in [2.05, 4.69) is 10.3 Å². The lowest BCUT2D eigenvalue weighted by Crippen LogP contribution is -2.36. The summed E-state index contributed by atoms with van der Waals surface area (Å²) in [5.74, 6) is 1.24. The highest BCUT2D eigenvalue weighted by Crippen LogP contribution is 2.41. The first kappa shape index (κ1) is 22.3. The second-order valence-electron chi connectivity index (χ2n) is 8.21. The van der Waals surface area contributed by atoms with Gasteiger partial charge in [0.25, 0.3) is 11.5 Å². The van der Waals surface area contributed by atoms with E-state index >= 15 is 0 Å². The van der Waals surface area contributed by atoms with Crippen molar-refractivity contribution in [3.63, 3.8) is 0 Å². The number of hydrogen-bond donors (Lipinski definition) is 1. The normalized spacial score (nSPS) is 20.3. The van der Waals surface area contributed by atoms with Gasteiger partial charge < -0.3 is 19.4 Å². The molecule has 1 fully saturated rings. The zero-order valence-electron chi connectivity index (χ0n) is 18.3. The van der Waals surface area contributed by atoms with E-state index in [1.54, 1.807) is 29.9 Å². The van der Waals surface area contributed by atoms with E-state index in [1.165, 1.54) is 23.9 Å². The molecule has 0 aliphatic carbocycles. The van der Waals surface area contributed by atoms with Gasteiger partial charge in [0.1, 0.15) is 22.9 Å². The quantitative estimate of drug-likeness (QED) is 0.664. The van der Waals surface area contributed by atoms with Gasteiger partial charge in [0.2, 0.25) is 10.0 Å². The molecule has 1 unspecified atom stereocenters. The molecule has 0 saturated carbocycles. The Bertz CT molecular complexity index is 1230. The number of carbonyl (C=O) groups excluding carboxylic acids is 1. The molecule has 11 heteroatoms. The molecule has 2 aromatic rings. The highest BCUT2D eigenvalue weighted by molar-refractivity contribution is 7.88. The molecule has 172 valence electrons. The molecule has 1 N–H and O–H groups in total. The Kier molecular flexibility index (Phi) is 5.72. The van der Waals surface area contributed by atoms with Gasteiger partial charge in [0.15, 0.2) is 0 Å². The average molecular weight is 463 g/mol. The first-order chi connectivity index (χ1) is 15.2. The molecule has 1 spiro atoms. The summed E-state index contributed by atoms with van der Waals surface area (Å²) in [4.78, 5) is 29.7. The topological polar surface area (TPSA) is 120 Å². The van der Waals surface area contributed by atoms with Crippen molar-refractivity contribution in [2.24, 2.45) is 0 Å². The first-order valence-electron chi connectivity index (χ1n) is 10.2. The fourth-order valence-corrected chi connectivity index (χ4v) is 5.39. The second kappa shape index (κ2) is 8.21. The number of amides is 1. The number of carbonyl (C=O) groups is 1. The Hall–Kier alpha value is -2.92. The van der Waals surface area contributed by atoms with Gasteiger partial charge in [-0.15, -0.1) is 0 Å². The zero-order chi connectivity index (χ0) is 23.1. The van der Waals surface area contributed by atoms with Crippen molar-refractivity contribution in [1.82, 2.24) is 19.2 Å². The van der Waals surface area contributed by atoms with Gasteiger partial charge in [-0.25, -0.2) is 12.7 Å². The van der Waals surface area contributed by atoms with Crippen molar-refractivity contribution in [2.75, 3.05) is 33.6 Å². The number of nitrogens with one attached hydrogen (secondary N) is 1. The lowest BCUT2D eigenvalue weighted by Gasteiger charge is -2.22. The number of aromatic nitrogens is 2. The van der Waals surface area contributed by atoms with Gasteiger partial charge in [-0.1, -0.05) is 0 Å². The standard InChI is InChI=1S/C21H26N4O6S/c1-30-15-4-5-17(31-2)14(10-15)11-22-18(26)16-12-24-8-6-21(20(24)23-19(16)27)7-9-25(13-21)32(3,28)29/h4-5,10,12H,6-9,11,13H2,1-3H3,(H,22,26). The van der Waals surface area contributed by atoms with Gasteiger partial charge in [-0.2, -0.15) is 4.98 Å². The van der Waals surface area contributed by atoms with E-state index < -0.39 is 26.9 Å².